The monoisotopic (exact) mass is 291 g/mol. The second-order valence-electron chi connectivity index (χ2n) is 5.94. The molecule has 20 heavy (non-hydrogen) atoms. The van der Waals surface area contributed by atoms with Crippen LogP contribution in [0.1, 0.15) is 44.9 Å². The highest BCUT2D eigenvalue weighted by Gasteiger charge is 2.33. The van der Waals surface area contributed by atoms with E-state index in [1.807, 2.05) is 18.2 Å². The van der Waals surface area contributed by atoms with Gasteiger partial charge in [0.1, 0.15) is 11.3 Å². The molecule has 1 aliphatic rings. The topological polar surface area (TPSA) is 25.2 Å². The first kappa shape index (κ1) is 14.0. The normalized spacial score (nSPS) is 24.4. The Morgan fingerprint density at radius 2 is 2.20 bits per heavy atom. The molecule has 1 aromatic carbocycles. The number of benzene rings is 1. The van der Waals surface area contributed by atoms with Gasteiger partial charge < -0.3 is 9.73 Å². The van der Waals surface area contributed by atoms with Crippen molar-refractivity contribution in [3.8, 4) is 0 Å². The fourth-order valence-electron chi connectivity index (χ4n) is 3.54. The second-order valence-corrected chi connectivity index (χ2v) is 6.37. The number of fused-ring (bicyclic) bond motifs is 1. The molecule has 3 rings (SSSR count). The van der Waals surface area contributed by atoms with Crippen molar-refractivity contribution in [2.24, 2.45) is 11.8 Å². The molecule has 0 amide bonds. The lowest BCUT2D eigenvalue weighted by atomic mass is 9.88. The minimum Gasteiger partial charge on any atom is -0.459 e. The Balaban J connectivity index is 1.96. The fourth-order valence-corrected chi connectivity index (χ4v) is 3.72. The van der Waals surface area contributed by atoms with E-state index in [-0.39, 0.29) is 0 Å². The minimum absolute atomic E-state index is 0.323. The van der Waals surface area contributed by atoms with Gasteiger partial charge in [0.05, 0.1) is 6.04 Å². The third kappa shape index (κ3) is 2.59. The summed E-state index contributed by atoms with van der Waals surface area (Å²) in [5, 5.41) is 5.48. The van der Waals surface area contributed by atoms with Crippen LogP contribution in [-0.2, 0) is 0 Å². The van der Waals surface area contributed by atoms with E-state index in [1.54, 1.807) is 0 Å². The predicted octanol–water partition coefficient (Wildman–Crippen LogP) is 5.17. The van der Waals surface area contributed by atoms with Crippen molar-refractivity contribution >= 4 is 22.6 Å². The van der Waals surface area contributed by atoms with Crippen molar-refractivity contribution < 1.29 is 4.42 Å². The predicted molar refractivity (Wildman–Crippen MR) is 84.1 cm³/mol. The van der Waals surface area contributed by atoms with E-state index >= 15 is 0 Å². The van der Waals surface area contributed by atoms with Gasteiger partial charge in [-0.1, -0.05) is 38.3 Å². The molecular weight excluding hydrogens is 270 g/mol. The molecule has 1 N–H and O–H groups in total. The van der Waals surface area contributed by atoms with E-state index in [0.717, 1.165) is 34.2 Å². The third-order valence-corrected chi connectivity index (χ3v) is 4.82. The Bertz CT molecular complexity index is 592. The minimum atomic E-state index is 0.323. The summed E-state index contributed by atoms with van der Waals surface area (Å²) >= 11 is 6.06. The van der Waals surface area contributed by atoms with Gasteiger partial charge in [-0.05, 0) is 49.1 Å². The molecule has 3 heteroatoms. The molecule has 2 aromatic rings. The lowest BCUT2D eigenvalue weighted by Crippen LogP contribution is -2.29. The Hall–Kier alpha value is -0.990. The largest absolute Gasteiger partial charge is 0.459 e. The van der Waals surface area contributed by atoms with Gasteiger partial charge in [0.15, 0.2) is 0 Å². The first-order valence-electron chi connectivity index (χ1n) is 7.61. The molecule has 0 aliphatic heterocycles. The van der Waals surface area contributed by atoms with Crippen LogP contribution < -0.4 is 5.32 Å². The summed E-state index contributed by atoms with van der Waals surface area (Å²) in [5.74, 6) is 2.49. The number of rotatable bonds is 4. The van der Waals surface area contributed by atoms with Crippen LogP contribution in [0.4, 0.5) is 0 Å². The number of furan rings is 1. The van der Waals surface area contributed by atoms with Crippen LogP contribution in [-0.4, -0.2) is 6.54 Å². The highest BCUT2D eigenvalue weighted by Crippen LogP contribution is 2.41. The van der Waals surface area contributed by atoms with Crippen LogP contribution in [0.2, 0.25) is 5.02 Å². The van der Waals surface area contributed by atoms with E-state index in [1.165, 1.54) is 19.3 Å². The smallest absolute Gasteiger partial charge is 0.134 e. The Kier molecular flexibility index (Phi) is 4.04. The highest BCUT2D eigenvalue weighted by atomic mass is 35.5. The van der Waals surface area contributed by atoms with Crippen molar-refractivity contribution in [3.63, 3.8) is 0 Å². The Morgan fingerprint density at radius 1 is 1.35 bits per heavy atom. The zero-order valence-corrected chi connectivity index (χ0v) is 12.9. The summed E-state index contributed by atoms with van der Waals surface area (Å²) in [6.45, 7) is 5.49. The van der Waals surface area contributed by atoms with Crippen LogP contribution in [0.25, 0.3) is 11.0 Å². The summed E-state index contributed by atoms with van der Waals surface area (Å²) in [4.78, 5) is 0. The van der Waals surface area contributed by atoms with Gasteiger partial charge in [-0.2, -0.15) is 0 Å². The van der Waals surface area contributed by atoms with Crippen LogP contribution in [0.3, 0.4) is 0 Å². The van der Waals surface area contributed by atoms with E-state index in [9.17, 15) is 0 Å². The molecule has 2 nitrogen and oxygen atoms in total. The molecule has 0 bridgehead atoms. The molecule has 0 spiro atoms. The highest BCUT2D eigenvalue weighted by molar-refractivity contribution is 6.31. The van der Waals surface area contributed by atoms with Crippen molar-refractivity contribution in [2.75, 3.05) is 6.54 Å². The summed E-state index contributed by atoms with van der Waals surface area (Å²) in [6, 6.07) is 8.30. The van der Waals surface area contributed by atoms with Gasteiger partial charge in [-0.15, -0.1) is 0 Å². The van der Waals surface area contributed by atoms with Gasteiger partial charge in [0.25, 0.3) is 0 Å². The maximum Gasteiger partial charge on any atom is 0.134 e. The number of nitrogens with one attached hydrogen (secondary N) is 1. The first-order chi connectivity index (χ1) is 9.69. The summed E-state index contributed by atoms with van der Waals surface area (Å²) in [5.41, 5.74) is 0.929. The van der Waals surface area contributed by atoms with Crippen LogP contribution in [0, 0.1) is 11.8 Å². The maximum atomic E-state index is 6.08. The second kappa shape index (κ2) is 5.79. The van der Waals surface area contributed by atoms with Gasteiger partial charge in [-0.25, -0.2) is 0 Å². The fraction of sp³-hybridized carbons (Fsp3) is 0.529. The van der Waals surface area contributed by atoms with Crippen LogP contribution >= 0.6 is 11.6 Å². The molecule has 1 saturated carbocycles. The zero-order valence-electron chi connectivity index (χ0n) is 12.2. The van der Waals surface area contributed by atoms with Gasteiger partial charge >= 0.3 is 0 Å². The molecule has 0 saturated heterocycles. The molecule has 1 aromatic heterocycles. The van der Waals surface area contributed by atoms with E-state index < -0.39 is 0 Å². The van der Waals surface area contributed by atoms with E-state index in [0.29, 0.717) is 12.0 Å². The lowest BCUT2D eigenvalue weighted by Gasteiger charge is -2.25. The van der Waals surface area contributed by atoms with Crippen molar-refractivity contribution in [1.29, 1.82) is 0 Å². The van der Waals surface area contributed by atoms with Gasteiger partial charge in [-0.3, -0.25) is 0 Å². The van der Waals surface area contributed by atoms with Crippen molar-refractivity contribution in [2.45, 2.75) is 39.2 Å². The standard InChI is InChI=1S/C17H22ClNO/c1-3-19-17(14-6-4-5-11(14)2)16-10-12-9-13(18)7-8-15(12)20-16/h7-11,14,17,19H,3-6H2,1-2H3. The molecule has 1 heterocycles. The van der Waals surface area contributed by atoms with Crippen molar-refractivity contribution in [3.05, 3.63) is 35.0 Å². The molecule has 0 radical (unpaired) electrons. The first-order valence-corrected chi connectivity index (χ1v) is 7.99. The quantitative estimate of drug-likeness (QED) is 0.840. The summed E-state index contributed by atoms with van der Waals surface area (Å²) < 4.78 is 6.08. The average molecular weight is 292 g/mol. The lowest BCUT2D eigenvalue weighted by molar-refractivity contribution is 0.273. The molecule has 1 aliphatic carbocycles. The third-order valence-electron chi connectivity index (χ3n) is 4.58. The maximum absolute atomic E-state index is 6.08. The summed E-state index contributed by atoms with van der Waals surface area (Å²) in [7, 11) is 0. The van der Waals surface area contributed by atoms with Crippen LogP contribution in [0.5, 0.6) is 0 Å². The molecule has 108 valence electrons. The Morgan fingerprint density at radius 3 is 2.90 bits per heavy atom. The zero-order chi connectivity index (χ0) is 14.1. The van der Waals surface area contributed by atoms with Gasteiger partial charge in [0, 0.05) is 10.4 Å². The molecular formula is C17H22ClNO. The number of halogens is 1. The molecule has 1 fully saturated rings. The van der Waals surface area contributed by atoms with E-state index in [2.05, 4.69) is 25.2 Å². The van der Waals surface area contributed by atoms with Crippen molar-refractivity contribution in [1.82, 2.24) is 5.32 Å². The Labute approximate surface area is 125 Å². The van der Waals surface area contributed by atoms with Gasteiger partial charge in [0.2, 0.25) is 0 Å². The molecule has 3 unspecified atom stereocenters. The van der Waals surface area contributed by atoms with E-state index in [4.69, 9.17) is 16.0 Å². The van der Waals surface area contributed by atoms with Crippen LogP contribution in [0.15, 0.2) is 28.7 Å². The molecule has 3 atom stereocenters. The number of hydrogen-bond donors (Lipinski definition) is 1. The average Bonchev–Trinajstić information content (AvgIpc) is 3.01. The number of hydrogen-bond acceptors (Lipinski definition) is 2. The summed E-state index contributed by atoms with van der Waals surface area (Å²) in [6.07, 6.45) is 3.95. The SMILES string of the molecule is CCNC(c1cc2cc(Cl)ccc2o1)C1CCCC1C.